The quantitative estimate of drug-likeness (QED) is 0.858. The van der Waals surface area contributed by atoms with Crippen molar-refractivity contribution in [1.82, 2.24) is 9.80 Å². The van der Waals surface area contributed by atoms with E-state index in [1.807, 2.05) is 4.90 Å². The number of hydrogen-bond acceptors (Lipinski definition) is 3. The maximum absolute atomic E-state index is 13.9. The molecule has 2 fully saturated rings. The van der Waals surface area contributed by atoms with Crippen LogP contribution in [0.25, 0.3) is 0 Å². The number of carbonyl (C=O) groups excluding carboxylic acids is 1. The van der Waals surface area contributed by atoms with Gasteiger partial charge >= 0.3 is 0 Å². The molecule has 0 saturated carbocycles. The zero-order valence-electron chi connectivity index (χ0n) is 13.9. The molecule has 0 bridgehead atoms. The third-order valence-corrected chi connectivity index (χ3v) is 4.71. The first-order chi connectivity index (χ1) is 11.0. The second kappa shape index (κ2) is 6.97. The minimum absolute atomic E-state index is 0.166. The summed E-state index contributed by atoms with van der Waals surface area (Å²) in [7, 11) is 0. The topological polar surface area (TPSA) is 32.8 Å². The van der Waals surface area contributed by atoms with Gasteiger partial charge in [-0.15, -0.1) is 0 Å². The average molecular weight is 320 g/mol. The lowest BCUT2D eigenvalue weighted by molar-refractivity contribution is -0.0715. The van der Waals surface area contributed by atoms with Gasteiger partial charge in [-0.25, -0.2) is 4.39 Å². The molecule has 1 aromatic rings. The van der Waals surface area contributed by atoms with Gasteiger partial charge in [0, 0.05) is 32.2 Å². The molecule has 0 aromatic heterocycles. The Morgan fingerprint density at radius 1 is 1.26 bits per heavy atom. The summed E-state index contributed by atoms with van der Waals surface area (Å²) >= 11 is 0. The molecule has 2 heterocycles. The minimum Gasteiger partial charge on any atom is -0.373 e. The summed E-state index contributed by atoms with van der Waals surface area (Å²) in [5.41, 5.74) is 0.183. The zero-order chi connectivity index (χ0) is 16.4. The maximum atomic E-state index is 13.9. The van der Waals surface area contributed by atoms with E-state index in [1.165, 1.54) is 6.07 Å². The molecule has 126 valence electrons. The van der Waals surface area contributed by atoms with E-state index < -0.39 is 5.82 Å². The highest BCUT2D eigenvalue weighted by atomic mass is 19.1. The van der Waals surface area contributed by atoms with Gasteiger partial charge in [0.05, 0.1) is 17.8 Å². The highest BCUT2D eigenvalue weighted by Crippen LogP contribution is 2.23. The Bertz CT molecular complexity index is 556. The standard InChI is InChI=1S/C18H25FN2O2/c1-13-10-20(11-14(2)23-13)12-15-6-5-9-21(15)18(22)16-7-3-4-8-17(16)19/h3-4,7-8,13-15H,5-6,9-12H2,1-2H3/t13-,14-,15+/m1/s1. The minimum atomic E-state index is -0.434. The summed E-state index contributed by atoms with van der Waals surface area (Å²) in [4.78, 5) is 16.9. The Morgan fingerprint density at radius 2 is 1.96 bits per heavy atom. The summed E-state index contributed by atoms with van der Waals surface area (Å²) in [6.07, 6.45) is 2.41. The number of amides is 1. The van der Waals surface area contributed by atoms with Gasteiger partial charge in [-0.2, -0.15) is 0 Å². The lowest BCUT2D eigenvalue weighted by Gasteiger charge is -2.38. The molecule has 0 N–H and O–H groups in total. The maximum Gasteiger partial charge on any atom is 0.257 e. The summed E-state index contributed by atoms with van der Waals surface area (Å²) in [6, 6.07) is 6.42. The molecule has 2 saturated heterocycles. The fourth-order valence-corrected chi connectivity index (χ4v) is 3.81. The largest absolute Gasteiger partial charge is 0.373 e. The van der Waals surface area contributed by atoms with Crippen molar-refractivity contribution in [3.63, 3.8) is 0 Å². The summed E-state index contributed by atoms with van der Waals surface area (Å²) < 4.78 is 19.7. The van der Waals surface area contributed by atoms with Gasteiger partial charge < -0.3 is 9.64 Å². The molecule has 0 spiro atoms. The van der Waals surface area contributed by atoms with Gasteiger partial charge in [0.2, 0.25) is 0 Å². The fraction of sp³-hybridized carbons (Fsp3) is 0.611. The Labute approximate surface area is 137 Å². The van der Waals surface area contributed by atoms with Crippen LogP contribution >= 0.6 is 0 Å². The van der Waals surface area contributed by atoms with Crippen LogP contribution in [0.1, 0.15) is 37.0 Å². The van der Waals surface area contributed by atoms with E-state index in [0.717, 1.165) is 32.5 Å². The SMILES string of the molecule is C[C@@H]1CN(C[C@@H]2CCCN2C(=O)c2ccccc2F)C[C@@H](C)O1. The van der Waals surface area contributed by atoms with Crippen molar-refractivity contribution in [2.75, 3.05) is 26.2 Å². The van der Waals surface area contributed by atoms with Gasteiger partial charge in [0.15, 0.2) is 0 Å². The molecular weight excluding hydrogens is 295 g/mol. The van der Waals surface area contributed by atoms with E-state index in [9.17, 15) is 9.18 Å². The molecular formula is C18H25FN2O2. The highest BCUT2D eigenvalue weighted by molar-refractivity contribution is 5.94. The van der Waals surface area contributed by atoms with Gasteiger partial charge in [0.25, 0.3) is 5.91 Å². The average Bonchev–Trinajstić information content (AvgIpc) is 2.94. The third-order valence-electron chi connectivity index (χ3n) is 4.71. The number of ether oxygens (including phenoxy) is 1. The monoisotopic (exact) mass is 320 g/mol. The molecule has 0 radical (unpaired) electrons. The lowest BCUT2D eigenvalue weighted by Crippen LogP contribution is -2.51. The molecule has 3 atom stereocenters. The number of carbonyl (C=O) groups is 1. The van der Waals surface area contributed by atoms with Crippen molar-refractivity contribution in [3.05, 3.63) is 35.6 Å². The number of hydrogen-bond donors (Lipinski definition) is 0. The number of halogens is 1. The van der Waals surface area contributed by atoms with Crippen molar-refractivity contribution in [2.24, 2.45) is 0 Å². The molecule has 2 aliphatic heterocycles. The van der Waals surface area contributed by atoms with Gasteiger partial charge in [-0.05, 0) is 38.8 Å². The zero-order valence-corrected chi connectivity index (χ0v) is 13.9. The molecule has 1 amide bonds. The van der Waals surface area contributed by atoms with Crippen LogP contribution in [0.2, 0.25) is 0 Å². The Balaban J connectivity index is 1.68. The van der Waals surface area contributed by atoms with Gasteiger partial charge in [-0.3, -0.25) is 9.69 Å². The molecule has 23 heavy (non-hydrogen) atoms. The van der Waals surface area contributed by atoms with Crippen LogP contribution in [-0.2, 0) is 4.74 Å². The molecule has 3 rings (SSSR count). The van der Waals surface area contributed by atoms with Crippen LogP contribution in [0.15, 0.2) is 24.3 Å². The number of likely N-dealkylation sites (tertiary alicyclic amines) is 1. The third kappa shape index (κ3) is 3.72. The summed E-state index contributed by atoms with van der Waals surface area (Å²) in [5.74, 6) is -0.614. The number of benzene rings is 1. The number of nitrogens with zero attached hydrogens (tertiary/aromatic N) is 2. The van der Waals surface area contributed by atoms with Crippen molar-refractivity contribution in [3.8, 4) is 0 Å². The summed E-state index contributed by atoms with van der Waals surface area (Å²) in [6.45, 7) is 7.51. The molecule has 4 nitrogen and oxygen atoms in total. The lowest BCUT2D eigenvalue weighted by atomic mass is 10.1. The predicted octanol–water partition coefficient (Wildman–Crippen LogP) is 2.54. The van der Waals surface area contributed by atoms with Crippen LogP contribution in [0.4, 0.5) is 4.39 Å². The van der Waals surface area contributed by atoms with E-state index in [2.05, 4.69) is 18.7 Å². The van der Waals surface area contributed by atoms with Crippen LogP contribution < -0.4 is 0 Å². The second-order valence-electron chi connectivity index (χ2n) is 6.75. The fourth-order valence-electron chi connectivity index (χ4n) is 3.81. The van der Waals surface area contributed by atoms with Crippen LogP contribution in [0.5, 0.6) is 0 Å². The molecule has 2 aliphatic rings. The Hall–Kier alpha value is -1.46. The first-order valence-electron chi connectivity index (χ1n) is 8.48. The molecule has 0 aliphatic carbocycles. The molecule has 1 aromatic carbocycles. The van der Waals surface area contributed by atoms with E-state index >= 15 is 0 Å². The number of morpholine rings is 1. The van der Waals surface area contributed by atoms with Crippen molar-refractivity contribution < 1.29 is 13.9 Å². The van der Waals surface area contributed by atoms with Crippen molar-refractivity contribution >= 4 is 5.91 Å². The van der Waals surface area contributed by atoms with E-state index in [0.29, 0.717) is 6.54 Å². The number of rotatable bonds is 3. The normalized spacial score (nSPS) is 29.0. The van der Waals surface area contributed by atoms with E-state index in [4.69, 9.17) is 4.74 Å². The molecule has 0 unspecified atom stereocenters. The highest BCUT2D eigenvalue weighted by Gasteiger charge is 2.33. The van der Waals surface area contributed by atoms with E-state index in [1.54, 1.807) is 18.2 Å². The van der Waals surface area contributed by atoms with E-state index in [-0.39, 0.29) is 29.7 Å². The Morgan fingerprint density at radius 3 is 2.65 bits per heavy atom. The van der Waals surface area contributed by atoms with Crippen LogP contribution in [0.3, 0.4) is 0 Å². The van der Waals surface area contributed by atoms with Gasteiger partial charge in [-0.1, -0.05) is 12.1 Å². The first kappa shape index (κ1) is 16.4. The molecule has 5 heteroatoms. The predicted molar refractivity (Wildman–Crippen MR) is 86.9 cm³/mol. The first-order valence-corrected chi connectivity index (χ1v) is 8.48. The van der Waals surface area contributed by atoms with Crippen molar-refractivity contribution in [2.45, 2.75) is 44.9 Å². The van der Waals surface area contributed by atoms with Crippen molar-refractivity contribution in [1.29, 1.82) is 0 Å². The van der Waals surface area contributed by atoms with Crippen LogP contribution in [-0.4, -0.2) is 60.1 Å². The smallest absolute Gasteiger partial charge is 0.257 e. The summed E-state index contributed by atoms with van der Waals surface area (Å²) in [5, 5.41) is 0. The van der Waals surface area contributed by atoms with Crippen LogP contribution in [0, 0.1) is 5.82 Å². The van der Waals surface area contributed by atoms with Gasteiger partial charge in [0.1, 0.15) is 5.82 Å². The second-order valence-corrected chi connectivity index (χ2v) is 6.75. The Kier molecular flexibility index (Phi) is 4.97.